The third-order valence-electron chi connectivity index (χ3n) is 2.24. The molecule has 0 aliphatic carbocycles. The van der Waals surface area contributed by atoms with Gasteiger partial charge in [0.25, 0.3) is 0 Å². The monoisotopic (exact) mass is 212 g/mol. The molecule has 3 heteroatoms. The number of pyridine rings is 1. The van der Waals surface area contributed by atoms with Crippen molar-refractivity contribution in [2.75, 3.05) is 0 Å². The Labute approximate surface area is 94.1 Å². The van der Waals surface area contributed by atoms with Crippen molar-refractivity contribution in [2.24, 2.45) is 4.99 Å². The van der Waals surface area contributed by atoms with E-state index in [1.807, 2.05) is 19.1 Å². The van der Waals surface area contributed by atoms with Gasteiger partial charge in [-0.05, 0) is 48.9 Å². The van der Waals surface area contributed by atoms with Crippen LogP contribution in [0.4, 0.5) is 5.69 Å². The zero-order chi connectivity index (χ0) is 11.4. The van der Waals surface area contributed by atoms with Gasteiger partial charge in [0.15, 0.2) is 0 Å². The number of rotatable bonds is 2. The number of phenolic OH excluding ortho intramolecular Hbond substituents is 1. The van der Waals surface area contributed by atoms with E-state index in [4.69, 9.17) is 5.11 Å². The Balaban J connectivity index is 2.28. The standard InChI is InChI=1S/C13H12N2O/c1-10(11-6-8-14-9-7-11)15-12-2-4-13(16)5-3-12/h2-9,16H,1H3. The quantitative estimate of drug-likeness (QED) is 0.778. The molecule has 80 valence electrons. The minimum Gasteiger partial charge on any atom is -0.508 e. The minimum absolute atomic E-state index is 0.250. The van der Waals surface area contributed by atoms with Crippen LogP contribution in [0.2, 0.25) is 0 Å². The third kappa shape index (κ3) is 2.45. The number of hydrogen-bond acceptors (Lipinski definition) is 3. The van der Waals surface area contributed by atoms with Crippen LogP contribution in [0.5, 0.6) is 5.75 Å². The van der Waals surface area contributed by atoms with Gasteiger partial charge in [-0.15, -0.1) is 0 Å². The van der Waals surface area contributed by atoms with E-state index < -0.39 is 0 Å². The molecule has 0 saturated heterocycles. The number of aliphatic imine (C=N–C) groups is 1. The highest BCUT2D eigenvalue weighted by atomic mass is 16.3. The lowest BCUT2D eigenvalue weighted by atomic mass is 10.2. The smallest absolute Gasteiger partial charge is 0.115 e. The molecule has 0 bridgehead atoms. The Morgan fingerprint density at radius 2 is 1.69 bits per heavy atom. The molecule has 0 amide bonds. The first-order chi connectivity index (χ1) is 7.75. The minimum atomic E-state index is 0.250. The fourth-order valence-corrected chi connectivity index (χ4v) is 1.38. The number of nitrogens with zero attached hydrogens (tertiary/aromatic N) is 2. The second-order valence-electron chi connectivity index (χ2n) is 3.45. The Morgan fingerprint density at radius 1 is 1.06 bits per heavy atom. The lowest BCUT2D eigenvalue weighted by Crippen LogP contribution is -1.93. The van der Waals surface area contributed by atoms with Gasteiger partial charge in [0.1, 0.15) is 5.75 Å². The van der Waals surface area contributed by atoms with Gasteiger partial charge in [0.05, 0.1) is 5.69 Å². The maximum Gasteiger partial charge on any atom is 0.115 e. The van der Waals surface area contributed by atoms with Crippen LogP contribution in [-0.2, 0) is 0 Å². The number of aromatic hydroxyl groups is 1. The number of aromatic nitrogens is 1. The summed E-state index contributed by atoms with van der Waals surface area (Å²) in [5.74, 6) is 0.250. The lowest BCUT2D eigenvalue weighted by molar-refractivity contribution is 0.475. The SMILES string of the molecule is CC(=Nc1ccc(O)cc1)c1ccncc1. The first-order valence-corrected chi connectivity index (χ1v) is 5.00. The van der Waals surface area contributed by atoms with E-state index in [9.17, 15) is 0 Å². The molecule has 0 fully saturated rings. The lowest BCUT2D eigenvalue weighted by Gasteiger charge is -2.00. The van der Waals surface area contributed by atoms with Gasteiger partial charge in [-0.25, -0.2) is 0 Å². The molecule has 1 N–H and O–H groups in total. The molecule has 0 atom stereocenters. The Bertz CT molecular complexity index is 489. The summed E-state index contributed by atoms with van der Waals surface area (Å²) < 4.78 is 0. The summed E-state index contributed by atoms with van der Waals surface area (Å²) in [6, 6.07) is 10.6. The summed E-state index contributed by atoms with van der Waals surface area (Å²) in [7, 11) is 0. The molecule has 0 aliphatic rings. The summed E-state index contributed by atoms with van der Waals surface area (Å²) in [5.41, 5.74) is 2.79. The van der Waals surface area contributed by atoms with Gasteiger partial charge in [-0.1, -0.05) is 0 Å². The maximum absolute atomic E-state index is 9.15. The summed E-state index contributed by atoms with van der Waals surface area (Å²) in [6.07, 6.45) is 3.48. The molecule has 16 heavy (non-hydrogen) atoms. The first kappa shape index (κ1) is 10.4. The van der Waals surface area contributed by atoms with E-state index in [0.717, 1.165) is 17.0 Å². The summed E-state index contributed by atoms with van der Waals surface area (Å²) >= 11 is 0. The maximum atomic E-state index is 9.15. The van der Waals surface area contributed by atoms with Crippen LogP contribution in [0.25, 0.3) is 0 Å². The van der Waals surface area contributed by atoms with E-state index in [1.165, 1.54) is 0 Å². The zero-order valence-electron chi connectivity index (χ0n) is 8.96. The molecule has 0 spiro atoms. The molecule has 1 heterocycles. The highest BCUT2D eigenvalue weighted by molar-refractivity contribution is 6.00. The van der Waals surface area contributed by atoms with Crippen molar-refractivity contribution in [1.29, 1.82) is 0 Å². The van der Waals surface area contributed by atoms with Crippen LogP contribution in [0, 0.1) is 0 Å². The van der Waals surface area contributed by atoms with E-state index in [1.54, 1.807) is 36.7 Å². The van der Waals surface area contributed by atoms with Crippen molar-refractivity contribution in [1.82, 2.24) is 4.98 Å². The topological polar surface area (TPSA) is 45.5 Å². The average Bonchev–Trinajstić information content (AvgIpc) is 2.33. The van der Waals surface area contributed by atoms with Crippen LogP contribution in [0.15, 0.2) is 53.8 Å². The molecule has 1 aromatic heterocycles. The fraction of sp³-hybridized carbons (Fsp3) is 0.0769. The fourth-order valence-electron chi connectivity index (χ4n) is 1.38. The van der Waals surface area contributed by atoms with Crippen molar-refractivity contribution < 1.29 is 5.11 Å². The second kappa shape index (κ2) is 4.57. The highest BCUT2D eigenvalue weighted by Crippen LogP contribution is 2.17. The largest absolute Gasteiger partial charge is 0.508 e. The molecular formula is C13H12N2O. The predicted molar refractivity (Wildman–Crippen MR) is 64.2 cm³/mol. The van der Waals surface area contributed by atoms with E-state index >= 15 is 0 Å². The molecule has 2 rings (SSSR count). The van der Waals surface area contributed by atoms with Crippen LogP contribution < -0.4 is 0 Å². The number of benzene rings is 1. The molecule has 0 radical (unpaired) electrons. The summed E-state index contributed by atoms with van der Waals surface area (Å²) in [4.78, 5) is 8.41. The molecule has 0 unspecified atom stereocenters. The van der Waals surface area contributed by atoms with Crippen molar-refractivity contribution in [3.05, 3.63) is 54.4 Å². The van der Waals surface area contributed by atoms with E-state index in [0.29, 0.717) is 0 Å². The van der Waals surface area contributed by atoms with Crippen LogP contribution in [0.1, 0.15) is 12.5 Å². The van der Waals surface area contributed by atoms with Gasteiger partial charge in [-0.3, -0.25) is 9.98 Å². The Kier molecular flexibility index (Phi) is 2.96. The van der Waals surface area contributed by atoms with Gasteiger partial charge in [0, 0.05) is 18.1 Å². The second-order valence-corrected chi connectivity index (χ2v) is 3.45. The van der Waals surface area contributed by atoms with Crippen molar-refractivity contribution in [3.8, 4) is 5.75 Å². The van der Waals surface area contributed by atoms with E-state index in [2.05, 4.69) is 9.98 Å². The zero-order valence-corrected chi connectivity index (χ0v) is 8.96. The molecular weight excluding hydrogens is 200 g/mol. The van der Waals surface area contributed by atoms with Gasteiger partial charge >= 0.3 is 0 Å². The Hall–Kier alpha value is -2.16. The number of phenols is 1. The van der Waals surface area contributed by atoms with Crippen molar-refractivity contribution in [3.63, 3.8) is 0 Å². The van der Waals surface area contributed by atoms with Crippen molar-refractivity contribution >= 4 is 11.4 Å². The van der Waals surface area contributed by atoms with Crippen LogP contribution in [0.3, 0.4) is 0 Å². The predicted octanol–water partition coefficient (Wildman–Crippen LogP) is 2.93. The molecule has 0 aliphatic heterocycles. The molecule has 3 nitrogen and oxygen atoms in total. The number of hydrogen-bond donors (Lipinski definition) is 1. The van der Waals surface area contributed by atoms with Gasteiger partial charge in [-0.2, -0.15) is 0 Å². The average molecular weight is 212 g/mol. The summed E-state index contributed by atoms with van der Waals surface area (Å²) in [6.45, 7) is 1.95. The Morgan fingerprint density at radius 3 is 2.31 bits per heavy atom. The molecule has 1 aromatic carbocycles. The van der Waals surface area contributed by atoms with Gasteiger partial charge in [0.2, 0.25) is 0 Å². The molecule has 2 aromatic rings. The third-order valence-corrected chi connectivity index (χ3v) is 2.24. The van der Waals surface area contributed by atoms with Crippen LogP contribution in [-0.4, -0.2) is 15.8 Å². The van der Waals surface area contributed by atoms with Gasteiger partial charge < -0.3 is 5.11 Å². The van der Waals surface area contributed by atoms with Crippen LogP contribution >= 0.6 is 0 Å². The molecule has 0 saturated carbocycles. The highest BCUT2D eigenvalue weighted by Gasteiger charge is 1.96. The van der Waals surface area contributed by atoms with E-state index in [-0.39, 0.29) is 5.75 Å². The first-order valence-electron chi connectivity index (χ1n) is 5.00. The normalized spacial score (nSPS) is 11.4. The summed E-state index contributed by atoms with van der Waals surface area (Å²) in [5, 5.41) is 9.15. The van der Waals surface area contributed by atoms with Crippen molar-refractivity contribution in [2.45, 2.75) is 6.92 Å².